The van der Waals surface area contributed by atoms with Crippen LogP contribution >= 0.6 is 0 Å². The fourth-order valence-corrected chi connectivity index (χ4v) is 4.33. The molecule has 0 bridgehead atoms. The van der Waals surface area contributed by atoms with Crippen LogP contribution < -0.4 is 5.32 Å². The van der Waals surface area contributed by atoms with E-state index in [4.69, 9.17) is 4.98 Å². The second kappa shape index (κ2) is 5.24. The molecule has 0 spiro atoms. The van der Waals surface area contributed by atoms with Crippen molar-refractivity contribution >= 4 is 16.6 Å². The summed E-state index contributed by atoms with van der Waals surface area (Å²) in [6.45, 7) is 2.28. The van der Waals surface area contributed by atoms with Crippen molar-refractivity contribution in [1.82, 2.24) is 9.88 Å². The van der Waals surface area contributed by atoms with Gasteiger partial charge in [0.15, 0.2) is 11.5 Å². The molecular weight excluding hydrogens is 302 g/mol. The van der Waals surface area contributed by atoms with E-state index < -0.39 is 0 Å². The Kier molecular flexibility index (Phi) is 3.13. The summed E-state index contributed by atoms with van der Waals surface area (Å²) in [5.74, 6) is -0.170. The molecule has 0 unspecified atom stereocenters. The fraction of sp³-hybridized carbons (Fsp3) is 0.526. The van der Waals surface area contributed by atoms with Crippen LogP contribution in [-0.4, -0.2) is 45.3 Å². The lowest BCUT2D eigenvalue weighted by molar-refractivity contribution is 0.326. The fourth-order valence-electron chi connectivity index (χ4n) is 4.33. The van der Waals surface area contributed by atoms with Crippen molar-refractivity contribution in [2.75, 3.05) is 18.4 Å². The zero-order valence-corrected chi connectivity index (χ0v) is 13.8. The third kappa shape index (κ3) is 2.30. The van der Waals surface area contributed by atoms with Crippen molar-refractivity contribution in [1.29, 1.82) is 0 Å². The van der Waals surface area contributed by atoms with Gasteiger partial charge in [-0.05, 0) is 50.2 Å². The summed E-state index contributed by atoms with van der Waals surface area (Å²) in [6.07, 6.45) is 7.05. The van der Waals surface area contributed by atoms with Crippen molar-refractivity contribution in [3.8, 4) is 11.5 Å². The van der Waals surface area contributed by atoms with Crippen LogP contribution in [0.5, 0.6) is 11.5 Å². The van der Waals surface area contributed by atoms with E-state index in [0.29, 0.717) is 6.04 Å². The topological polar surface area (TPSA) is 68.6 Å². The van der Waals surface area contributed by atoms with E-state index in [9.17, 15) is 10.2 Å². The van der Waals surface area contributed by atoms with Gasteiger partial charge < -0.3 is 15.5 Å². The Morgan fingerprint density at radius 1 is 1.08 bits per heavy atom. The highest BCUT2D eigenvalue weighted by molar-refractivity contribution is 5.96. The number of hydrogen-bond acceptors (Lipinski definition) is 5. The predicted molar refractivity (Wildman–Crippen MR) is 93.7 cm³/mol. The van der Waals surface area contributed by atoms with Gasteiger partial charge in [-0.2, -0.15) is 0 Å². The third-order valence-corrected chi connectivity index (χ3v) is 5.74. The normalized spacial score (nSPS) is 23.8. The van der Waals surface area contributed by atoms with Gasteiger partial charge in [-0.25, -0.2) is 0 Å². The SMILES string of the molecule is Oc1cc2nc3c(c(N[C@H]4CCN(C5CC5)C4)c2cc1O)CCC3. The minimum Gasteiger partial charge on any atom is -0.504 e. The Hall–Kier alpha value is -2.01. The number of aromatic hydroxyl groups is 2. The molecule has 2 aliphatic carbocycles. The second-order valence-electron chi connectivity index (χ2n) is 7.48. The summed E-state index contributed by atoms with van der Waals surface area (Å²) < 4.78 is 0. The van der Waals surface area contributed by atoms with Crippen molar-refractivity contribution in [2.24, 2.45) is 0 Å². The van der Waals surface area contributed by atoms with Gasteiger partial charge in [-0.15, -0.1) is 0 Å². The zero-order valence-electron chi connectivity index (χ0n) is 13.8. The highest BCUT2D eigenvalue weighted by Gasteiger charge is 2.35. The molecule has 1 aliphatic heterocycles. The van der Waals surface area contributed by atoms with Crippen molar-refractivity contribution in [3.63, 3.8) is 0 Å². The number of benzene rings is 1. The first-order valence-corrected chi connectivity index (χ1v) is 9.07. The van der Waals surface area contributed by atoms with Crippen LogP contribution in [0.4, 0.5) is 5.69 Å². The average molecular weight is 325 g/mol. The van der Waals surface area contributed by atoms with Crippen molar-refractivity contribution < 1.29 is 10.2 Å². The van der Waals surface area contributed by atoms with E-state index in [2.05, 4.69) is 10.2 Å². The molecule has 1 aromatic heterocycles. The number of rotatable bonds is 3. The maximum absolute atomic E-state index is 9.96. The Labute approximate surface area is 141 Å². The molecule has 0 radical (unpaired) electrons. The van der Waals surface area contributed by atoms with Crippen molar-refractivity contribution in [3.05, 3.63) is 23.4 Å². The molecule has 3 aliphatic rings. The van der Waals surface area contributed by atoms with Gasteiger partial charge in [0.25, 0.3) is 0 Å². The molecule has 2 heterocycles. The predicted octanol–water partition coefficient (Wildman–Crippen LogP) is 2.78. The molecule has 3 N–H and O–H groups in total. The van der Waals surface area contributed by atoms with E-state index >= 15 is 0 Å². The molecule has 2 aromatic rings. The summed E-state index contributed by atoms with van der Waals surface area (Å²) in [4.78, 5) is 7.33. The largest absolute Gasteiger partial charge is 0.504 e. The number of fused-ring (bicyclic) bond motifs is 2. The summed E-state index contributed by atoms with van der Waals surface area (Å²) in [6, 6.07) is 4.51. The number of aromatic nitrogens is 1. The van der Waals surface area contributed by atoms with Gasteiger partial charge >= 0.3 is 0 Å². The molecule has 1 atom stereocenters. The molecule has 0 amide bonds. The standard InChI is InChI=1S/C19H23N3O2/c23-17-8-14-16(9-18(17)24)21-15-3-1-2-13(15)19(14)20-11-6-7-22(10-11)12-4-5-12/h8-9,11-12,23-24H,1-7,10H2,(H,20,21)/t11-/m0/s1. The minimum atomic E-state index is -0.0975. The molecule has 1 saturated carbocycles. The van der Waals surface area contributed by atoms with E-state index in [1.807, 2.05) is 0 Å². The molecule has 126 valence electrons. The Morgan fingerprint density at radius 3 is 2.75 bits per heavy atom. The van der Waals surface area contributed by atoms with E-state index in [1.54, 1.807) is 12.1 Å². The Bertz CT molecular complexity index is 816. The molecular formula is C19H23N3O2. The zero-order chi connectivity index (χ0) is 16.3. The minimum absolute atomic E-state index is 0.0728. The number of pyridine rings is 1. The maximum atomic E-state index is 9.96. The lowest BCUT2D eigenvalue weighted by Crippen LogP contribution is -2.28. The van der Waals surface area contributed by atoms with Crippen LogP contribution in [0, 0.1) is 0 Å². The van der Waals surface area contributed by atoms with E-state index in [0.717, 1.165) is 54.1 Å². The Balaban J connectivity index is 1.54. The molecule has 2 fully saturated rings. The second-order valence-corrected chi connectivity index (χ2v) is 7.48. The van der Waals surface area contributed by atoms with Gasteiger partial charge in [0.2, 0.25) is 0 Å². The third-order valence-electron chi connectivity index (χ3n) is 5.74. The van der Waals surface area contributed by atoms with Crippen molar-refractivity contribution in [2.45, 2.75) is 50.6 Å². The van der Waals surface area contributed by atoms with E-state index in [1.165, 1.54) is 31.4 Å². The summed E-state index contributed by atoms with van der Waals surface area (Å²) in [5.41, 5.74) is 4.35. The average Bonchev–Trinajstić information content (AvgIpc) is 3.12. The van der Waals surface area contributed by atoms with Crippen LogP contribution in [0.15, 0.2) is 12.1 Å². The molecule has 24 heavy (non-hydrogen) atoms. The number of nitrogens with one attached hydrogen (secondary N) is 1. The maximum Gasteiger partial charge on any atom is 0.159 e. The smallest absolute Gasteiger partial charge is 0.159 e. The Morgan fingerprint density at radius 2 is 1.92 bits per heavy atom. The highest BCUT2D eigenvalue weighted by atomic mass is 16.3. The number of nitrogens with zero attached hydrogens (tertiary/aromatic N) is 2. The lowest BCUT2D eigenvalue weighted by Gasteiger charge is -2.20. The summed E-state index contributed by atoms with van der Waals surface area (Å²) in [7, 11) is 0. The molecule has 5 rings (SSSR count). The molecule has 5 nitrogen and oxygen atoms in total. The van der Waals surface area contributed by atoms with Crippen LogP contribution in [0.25, 0.3) is 10.9 Å². The number of aryl methyl sites for hydroxylation is 1. The van der Waals surface area contributed by atoms with E-state index in [-0.39, 0.29) is 11.5 Å². The number of anilines is 1. The quantitative estimate of drug-likeness (QED) is 0.757. The first-order valence-electron chi connectivity index (χ1n) is 9.07. The summed E-state index contributed by atoms with van der Waals surface area (Å²) in [5, 5.41) is 24.5. The van der Waals surface area contributed by atoms with Crippen LogP contribution in [0.2, 0.25) is 0 Å². The lowest BCUT2D eigenvalue weighted by atomic mass is 10.0. The first kappa shape index (κ1) is 14.3. The van der Waals surface area contributed by atoms with Crippen LogP contribution in [0.1, 0.15) is 36.9 Å². The number of phenolic OH excluding ortho intramolecular Hbond substituents is 2. The molecule has 1 aromatic carbocycles. The number of hydrogen-bond donors (Lipinski definition) is 3. The first-order chi connectivity index (χ1) is 11.7. The summed E-state index contributed by atoms with van der Waals surface area (Å²) >= 11 is 0. The van der Waals surface area contributed by atoms with Gasteiger partial charge in [-0.3, -0.25) is 9.88 Å². The molecule has 1 saturated heterocycles. The van der Waals surface area contributed by atoms with Gasteiger partial charge in [-0.1, -0.05) is 0 Å². The number of likely N-dealkylation sites (tertiary alicyclic amines) is 1. The van der Waals surface area contributed by atoms with Gasteiger partial charge in [0.1, 0.15) is 0 Å². The van der Waals surface area contributed by atoms with Crippen LogP contribution in [0.3, 0.4) is 0 Å². The monoisotopic (exact) mass is 325 g/mol. The highest BCUT2D eigenvalue weighted by Crippen LogP contribution is 2.40. The van der Waals surface area contributed by atoms with Gasteiger partial charge in [0, 0.05) is 48.0 Å². The molecule has 5 heteroatoms. The number of phenols is 2. The van der Waals surface area contributed by atoms with Gasteiger partial charge in [0.05, 0.1) is 5.52 Å². The van der Waals surface area contributed by atoms with Crippen LogP contribution in [-0.2, 0) is 12.8 Å².